The van der Waals surface area contributed by atoms with Crippen molar-refractivity contribution < 1.29 is 4.48 Å². The number of hydrogen-bond acceptors (Lipinski definition) is 3. The van der Waals surface area contributed by atoms with Crippen LogP contribution in [0.3, 0.4) is 0 Å². The van der Waals surface area contributed by atoms with E-state index in [-0.39, 0.29) is 0 Å². The van der Waals surface area contributed by atoms with Crippen LogP contribution in [0.5, 0.6) is 0 Å². The molecule has 0 atom stereocenters. The number of nitrogens with one attached hydrogen (secondary N) is 2. The van der Waals surface area contributed by atoms with Gasteiger partial charge in [0.15, 0.2) is 0 Å². The van der Waals surface area contributed by atoms with Crippen molar-refractivity contribution in [3.05, 3.63) is 29.8 Å². The van der Waals surface area contributed by atoms with Gasteiger partial charge in [0.05, 0.1) is 11.3 Å². The van der Waals surface area contributed by atoms with E-state index in [0.717, 1.165) is 0 Å². The number of nitrogens with zero attached hydrogens (tertiary/aromatic N) is 1. The molecule has 0 unspecified atom stereocenters. The van der Waals surface area contributed by atoms with Gasteiger partial charge in [-0.1, -0.05) is 11.7 Å². The van der Waals surface area contributed by atoms with Crippen molar-refractivity contribution in [2.24, 2.45) is 0 Å². The summed E-state index contributed by atoms with van der Waals surface area (Å²) in [7, 11) is 0. The second-order valence-corrected chi connectivity index (χ2v) is 1.80. The second-order valence-electron chi connectivity index (χ2n) is 1.80. The van der Waals surface area contributed by atoms with Gasteiger partial charge < -0.3 is 0 Å². The molecule has 11 heavy (non-hydrogen) atoms. The van der Waals surface area contributed by atoms with Crippen LogP contribution in [0.2, 0.25) is 0 Å². The average Bonchev–Trinajstić information content (AvgIpc) is 2.06. The highest BCUT2D eigenvalue weighted by molar-refractivity contribution is 5.55. The van der Waals surface area contributed by atoms with Crippen LogP contribution in [0.25, 0.3) is 0 Å². The highest BCUT2D eigenvalue weighted by Gasteiger charge is 1.97. The maximum Gasteiger partial charge on any atom is 0.101 e. The lowest BCUT2D eigenvalue weighted by atomic mass is 10.2. The highest BCUT2D eigenvalue weighted by Crippen LogP contribution is 2.11. The number of hydrogen-bond donors (Lipinski definition) is 2. The molecule has 1 rings (SSSR count). The first-order valence-electron chi connectivity index (χ1n) is 2.90. The van der Waals surface area contributed by atoms with Gasteiger partial charge in [0.1, 0.15) is 6.07 Å². The first-order valence-corrected chi connectivity index (χ1v) is 2.90. The summed E-state index contributed by atoms with van der Waals surface area (Å²) in [6.45, 7) is 0. The number of benzene rings is 1. The number of nitriles is 1. The molecule has 3 nitrogen and oxygen atoms in total. The number of anilines is 1. The molecule has 4 heteroatoms. The quantitative estimate of drug-likeness (QED) is 0.491. The summed E-state index contributed by atoms with van der Waals surface area (Å²) in [5.74, 6) is 0. The van der Waals surface area contributed by atoms with Crippen molar-refractivity contribution in [3.8, 4) is 6.07 Å². The summed E-state index contributed by atoms with van der Waals surface area (Å²) in [5.41, 5.74) is 4.14. The highest BCUT2D eigenvalue weighted by atomic mass is 19.2. The average molecular weight is 150 g/mol. The molecule has 0 aliphatic carbocycles. The van der Waals surface area contributed by atoms with Crippen LogP contribution in [-0.4, -0.2) is 0 Å². The SMILES string of the molecule is N#Cc1cc[c]cc1NNF. The summed E-state index contributed by atoms with van der Waals surface area (Å²) >= 11 is 0. The Balaban J connectivity index is 2.95. The zero-order valence-corrected chi connectivity index (χ0v) is 5.56. The lowest BCUT2D eigenvalue weighted by molar-refractivity contribution is 0.376. The Morgan fingerprint density at radius 1 is 1.64 bits per heavy atom. The molecule has 0 saturated heterocycles. The molecule has 1 radical (unpaired) electrons. The van der Waals surface area contributed by atoms with E-state index in [2.05, 4.69) is 11.5 Å². The van der Waals surface area contributed by atoms with Crippen molar-refractivity contribution in [3.63, 3.8) is 0 Å². The number of hydrazine groups is 1. The van der Waals surface area contributed by atoms with E-state index in [1.54, 1.807) is 12.1 Å². The van der Waals surface area contributed by atoms with Crippen molar-refractivity contribution in [1.29, 1.82) is 5.26 Å². The Morgan fingerprint density at radius 2 is 2.45 bits per heavy atom. The first-order chi connectivity index (χ1) is 5.38. The van der Waals surface area contributed by atoms with Crippen LogP contribution in [0.4, 0.5) is 10.2 Å². The molecule has 0 aliphatic rings. The largest absolute Gasteiger partial charge is 0.293 e. The third-order valence-electron chi connectivity index (χ3n) is 1.17. The molecule has 0 amide bonds. The molecule has 1 aromatic rings. The molecule has 0 aromatic heterocycles. The van der Waals surface area contributed by atoms with E-state index < -0.39 is 0 Å². The molecule has 1 aromatic carbocycles. The predicted octanol–water partition coefficient (Wildman–Crippen LogP) is 1.16. The summed E-state index contributed by atoms with van der Waals surface area (Å²) < 4.78 is 11.5. The maximum atomic E-state index is 11.5. The topological polar surface area (TPSA) is 47.9 Å². The van der Waals surface area contributed by atoms with Crippen molar-refractivity contribution in [2.45, 2.75) is 0 Å². The number of halogens is 1. The summed E-state index contributed by atoms with van der Waals surface area (Å²) in [5, 5.41) is 8.49. The third kappa shape index (κ3) is 1.66. The van der Waals surface area contributed by atoms with Gasteiger partial charge >= 0.3 is 0 Å². The zero-order chi connectivity index (χ0) is 8.10. The second kappa shape index (κ2) is 3.54. The van der Waals surface area contributed by atoms with Gasteiger partial charge in [0.2, 0.25) is 0 Å². The van der Waals surface area contributed by atoms with Crippen LogP contribution < -0.4 is 11.1 Å². The smallest absolute Gasteiger partial charge is 0.101 e. The van der Waals surface area contributed by atoms with Gasteiger partial charge in [-0.05, 0) is 18.2 Å². The van der Waals surface area contributed by atoms with Crippen LogP contribution >= 0.6 is 0 Å². The van der Waals surface area contributed by atoms with E-state index in [1.165, 1.54) is 11.7 Å². The minimum absolute atomic E-state index is 0.369. The van der Waals surface area contributed by atoms with E-state index in [0.29, 0.717) is 11.3 Å². The van der Waals surface area contributed by atoms with Crippen molar-refractivity contribution in [1.82, 2.24) is 5.65 Å². The molecule has 0 bridgehead atoms. The van der Waals surface area contributed by atoms with Gasteiger partial charge in [0.25, 0.3) is 0 Å². The molecule has 55 valence electrons. The normalized spacial score (nSPS) is 8.73. The molecule has 0 fully saturated rings. The minimum Gasteiger partial charge on any atom is -0.293 e. The Hall–Kier alpha value is -1.60. The molecular formula is C7H5FN3. The fourth-order valence-corrected chi connectivity index (χ4v) is 0.682. The van der Waals surface area contributed by atoms with Gasteiger partial charge in [-0.25, -0.2) is 0 Å². The van der Waals surface area contributed by atoms with Gasteiger partial charge in [-0.2, -0.15) is 5.26 Å². The molecule has 2 N–H and O–H groups in total. The third-order valence-corrected chi connectivity index (χ3v) is 1.17. The van der Waals surface area contributed by atoms with E-state index in [1.807, 2.05) is 6.07 Å². The molecule has 0 heterocycles. The van der Waals surface area contributed by atoms with Crippen LogP contribution in [0, 0.1) is 17.4 Å². The molecule has 0 aliphatic heterocycles. The van der Waals surface area contributed by atoms with Gasteiger partial charge in [0, 0.05) is 0 Å². The predicted molar refractivity (Wildman–Crippen MR) is 37.9 cm³/mol. The van der Waals surface area contributed by atoms with E-state index >= 15 is 0 Å². The van der Waals surface area contributed by atoms with E-state index in [4.69, 9.17) is 5.26 Å². The molecule has 0 spiro atoms. The van der Waals surface area contributed by atoms with Crippen LogP contribution in [0.15, 0.2) is 18.2 Å². The monoisotopic (exact) mass is 150 g/mol. The lowest BCUT2D eigenvalue weighted by Gasteiger charge is -2.01. The molecule has 0 saturated carbocycles. The fraction of sp³-hybridized carbons (Fsp3) is 0. The van der Waals surface area contributed by atoms with E-state index in [9.17, 15) is 4.48 Å². The summed E-state index contributed by atoms with van der Waals surface area (Å²) in [6.07, 6.45) is 0. The Bertz CT molecular complexity index is 279. The van der Waals surface area contributed by atoms with Crippen LogP contribution in [0.1, 0.15) is 5.56 Å². The Labute approximate surface area is 63.4 Å². The van der Waals surface area contributed by atoms with Crippen molar-refractivity contribution in [2.75, 3.05) is 5.43 Å². The summed E-state index contributed by atoms with van der Waals surface area (Å²) in [6, 6.07) is 9.20. The number of rotatable bonds is 2. The van der Waals surface area contributed by atoms with Gasteiger partial charge in [-0.3, -0.25) is 5.43 Å². The maximum absolute atomic E-state index is 11.5. The van der Waals surface area contributed by atoms with Crippen molar-refractivity contribution >= 4 is 5.69 Å². The molecular weight excluding hydrogens is 145 g/mol. The summed E-state index contributed by atoms with van der Waals surface area (Å²) in [4.78, 5) is 0. The minimum atomic E-state index is 0.369. The Morgan fingerprint density at radius 3 is 3.09 bits per heavy atom. The standard InChI is InChI=1S/C7H5FN3/c8-11-10-7-4-2-1-3-6(7)5-9/h1,3-4,10-11H. The first kappa shape index (κ1) is 7.51. The zero-order valence-electron chi connectivity index (χ0n) is 5.56. The van der Waals surface area contributed by atoms with Crippen LogP contribution in [-0.2, 0) is 0 Å². The lowest BCUT2D eigenvalue weighted by Crippen LogP contribution is -2.10. The Kier molecular flexibility index (Phi) is 2.42. The fourth-order valence-electron chi connectivity index (χ4n) is 0.682. The van der Waals surface area contributed by atoms with Gasteiger partial charge in [-0.15, -0.1) is 4.48 Å².